The Morgan fingerprint density at radius 2 is 2.29 bits per heavy atom. The van der Waals surface area contributed by atoms with Gasteiger partial charge in [-0.25, -0.2) is 0 Å². The van der Waals surface area contributed by atoms with E-state index >= 15 is 0 Å². The normalized spacial score (nSPS) is 9.71. The van der Waals surface area contributed by atoms with Gasteiger partial charge in [-0.1, -0.05) is 0 Å². The molecule has 0 aliphatic heterocycles. The van der Waals surface area contributed by atoms with Crippen LogP contribution in [0.5, 0.6) is 5.75 Å². The lowest BCUT2D eigenvalue weighted by molar-refractivity contribution is -0.104. The monoisotopic (exact) mass is 187 g/mol. The number of carbonyl (C=O) groups excluding carboxylic acids is 1. The van der Waals surface area contributed by atoms with Crippen LogP contribution in [0.2, 0.25) is 0 Å². The Morgan fingerprint density at radius 3 is 2.86 bits per heavy atom. The molecule has 0 aliphatic carbocycles. The van der Waals surface area contributed by atoms with E-state index in [4.69, 9.17) is 10.00 Å². The van der Waals surface area contributed by atoms with Gasteiger partial charge in [-0.2, -0.15) is 5.26 Å². The second kappa shape index (κ2) is 4.83. The molecule has 1 rings (SSSR count). The van der Waals surface area contributed by atoms with Crippen LogP contribution in [-0.4, -0.2) is 13.4 Å². The molecule has 0 unspecified atom stereocenters. The summed E-state index contributed by atoms with van der Waals surface area (Å²) in [4.78, 5) is 10.1. The van der Waals surface area contributed by atoms with E-state index in [9.17, 15) is 4.79 Å². The average molecular weight is 187 g/mol. The standard InChI is InChI=1S/C11H9NO2/c1-14-11-5-4-9(8-12)7-10(11)3-2-6-13/h2-7H,1H3. The van der Waals surface area contributed by atoms with Crippen LogP contribution in [0.1, 0.15) is 11.1 Å². The van der Waals surface area contributed by atoms with Crippen LogP contribution < -0.4 is 4.74 Å². The third-order valence-corrected chi connectivity index (χ3v) is 1.71. The summed E-state index contributed by atoms with van der Waals surface area (Å²) < 4.78 is 5.07. The summed E-state index contributed by atoms with van der Waals surface area (Å²) in [5, 5.41) is 8.67. The predicted octanol–water partition coefficient (Wildman–Crippen LogP) is 1.78. The molecule has 3 nitrogen and oxygen atoms in total. The van der Waals surface area contributed by atoms with E-state index in [1.54, 1.807) is 31.4 Å². The number of methoxy groups -OCH3 is 1. The molecule has 3 heteroatoms. The van der Waals surface area contributed by atoms with E-state index in [2.05, 4.69) is 0 Å². The minimum absolute atomic E-state index is 0.538. The Bertz CT molecular complexity index is 402. The zero-order valence-corrected chi connectivity index (χ0v) is 7.73. The van der Waals surface area contributed by atoms with Crippen molar-refractivity contribution in [3.05, 3.63) is 35.4 Å². The summed E-state index contributed by atoms with van der Waals surface area (Å²) in [6, 6.07) is 7.04. The molecule has 1 aromatic carbocycles. The van der Waals surface area contributed by atoms with Crippen LogP contribution in [0.25, 0.3) is 6.08 Å². The maximum absolute atomic E-state index is 10.1. The fourth-order valence-electron chi connectivity index (χ4n) is 1.08. The molecule has 0 amide bonds. The SMILES string of the molecule is COc1ccc(C#N)cc1C=CC=O. The van der Waals surface area contributed by atoms with Crippen LogP contribution in [0, 0.1) is 11.3 Å². The molecule has 0 N–H and O–H groups in total. The van der Waals surface area contributed by atoms with Crippen molar-refractivity contribution in [1.29, 1.82) is 5.26 Å². The van der Waals surface area contributed by atoms with Gasteiger partial charge < -0.3 is 4.74 Å². The largest absolute Gasteiger partial charge is 0.496 e. The van der Waals surface area contributed by atoms with Gasteiger partial charge in [-0.05, 0) is 30.4 Å². The summed E-state index contributed by atoms with van der Waals surface area (Å²) in [5.74, 6) is 0.641. The lowest BCUT2D eigenvalue weighted by Gasteiger charge is -2.03. The number of nitriles is 1. The number of hydrogen-bond acceptors (Lipinski definition) is 3. The minimum Gasteiger partial charge on any atom is -0.496 e. The molecule has 0 radical (unpaired) electrons. The van der Waals surface area contributed by atoms with Gasteiger partial charge in [0.05, 0.1) is 18.7 Å². The average Bonchev–Trinajstić information content (AvgIpc) is 2.25. The fraction of sp³-hybridized carbons (Fsp3) is 0.0909. The lowest BCUT2D eigenvalue weighted by Crippen LogP contribution is -1.87. The molecule has 0 aromatic heterocycles. The summed E-state index contributed by atoms with van der Waals surface area (Å²) in [5.41, 5.74) is 1.26. The fourth-order valence-corrected chi connectivity index (χ4v) is 1.08. The van der Waals surface area contributed by atoms with Crippen LogP contribution in [0.4, 0.5) is 0 Å². The van der Waals surface area contributed by atoms with Gasteiger partial charge in [0, 0.05) is 5.56 Å². The third kappa shape index (κ3) is 2.20. The molecule has 0 aliphatic rings. The lowest BCUT2D eigenvalue weighted by atomic mass is 10.1. The summed E-state index contributed by atoms with van der Waals surface area (Å²) >= 11 is 0. The van der Waals surface area contributed by atoms with Crippen molar-refractivity contribution >= 4 is 12.4 Å². The number of allylic oxidation sites excluding steroid dienone is 1. The van der Waals surface area contributed by atoms with Crippen molar-refractivity contribution in [2.75, 3.05) is 7.11 Å². The Kier molecular flexibility index (Phi) is 3.45. The van der Waals surface area contributed by atoms with Crippen LogP contribution in [-0.2, 0) is 4.79 Å². The predicted molar refractivity (Wildman–Crippen MR) is 52.8 cm³/mol. The second-order valence-corrected chi connectivity index (χ2v) is 2.56. The summed E-state index contributed by atoms with van der Waals surface area (Å²) in [6.07, 6.45) is 3.64. The van der Waals surface area contributed by atoms with Gasteiger partial charge in [0.15, 0.2) is 0 Å². The molecular weight excluding hydrogens is 178 g/mol. The number of hydrogen-bond donors (Lipinski definition) is 0. The van der Waals surface area contributed by atoms with Crippen molar-refractivity contribution in [3.63, 3.8) is 0 Å². The topological polar surface area (TPSA) is 50.1 Å². The highest BCUT2D eigenvalue weighted by atomic mass is 16.5. The van der Waals surface area contributed by atoms with E-state index in [-0.39, 0.29) is 0 Å². The highest BCUT2D eigenvalue weighted by molar-refractivity contribution is 5.75. The number of rotatable bonds is 3. The molecule has 0 fully saturated rings. The van der Waals surface area contributed by atoms with Gasteiger partial charge in [0.25, 0.3) is 0 Å². The minimum atomic E-state index is 0.538. The van der Waals surface area contributed by atoms with Gasteiger partial charge in [0.1, 0.15) is 12.0 Å². The first-order chi connectivity index (χ1) is 6.81. The summed E-state index contributed by atoms with van der Waals surface area (Å²) in [7, 11) is 1.54. The smallest absolute Gasteiger partial charge is 0.142 e. The molecule has 0 heterocycles. The maximum Gasteiger partial charge on any atom is 0.142 e. The summed E-state index contributed by atoms with van der Waals surface area (Å²) in [6.45, 7) is 0. The van der Waals surface area contributed by atoms with E-state index < -0.39 is 0 Å². The van der Waals surface area contributed by atoms with Gasteiger partial charge in [-0.15, -0.1) is 0 Å². The molecule has 0 saturated carbocycles. The first-order valence-electron chi connectivity index (χ1n) is 4.02. The van der Waals surface area contributed by atoms with E-state index in [1.807, 2.05) is 6.07 Å². The van der Waals surface area contributed by atoms with Crippen molar-refractivity contribution in [2.24, 2.45) is 0 Å². The first-order valence-corrected chi connectivity index (χ1v) is 4.02. The Morgan fingerprint density at radius 1 is 1.50 bits per heavy atom. The number of ether oxygens (including phenoxy) is 1. The van der Waals surface area contributed by atoms with Crippen LogP contribution in [0.3, 0.4) is 0 Å². The van der Waals surface area contributed by atoms with E-state index in [0.29, 0.717) is 17.6 Å². The molecular formula is C11H9NO2. The van der Waals surface area contributed by atoms with Crippen molar-refractivity contribution < 1.29 is 9.53 Å². The van der Waals surface area contributed by atoms with Crippen molar-refractivity contribution in [3.8, 4) is 11.8 Å². The highest BCUT2D eigenvalue weighted by Gasteiger charge is 2.00. The molecule has 0 spiro atoms. The zero-order valence-electron chi connectivity index (χ0n) is 7.73. The van der Waals surface area contributed by atoms with Gasteiger partial charge in [-0.3, -0.25) is 4.79 Å². The van der Waals surface area contributed by atoms with Crippen molar-refractivity contribution in [1.82, 2.24) is 0 Å². The Balaban J connectivity index is 3.16. The Labute approximate surface area is 82.2 Å². The number of carbonyl (C=O) groups is 1. The molecule has 1 aromatic rings. The zero-order chi connectivity index (χ0) is 10.4. The number of aldehydes is 1. The first kappa shape index (κ1) is 10.0. The molecule has 0 saturated heterocycles. The van der Waals surface area contributed by atoms with Gasteiger partial charge >= 0.3 is 0 Å². The van der Waals surface area contributed by atoms with E-state index in [1.165, 1.54) is 6.08 Å². The maximum atomic E-state index is 10.1. The molecule has 14 heavy (non-hydrogen) atoms. The van der Waals surface area contributed by atoms with Crippen molar-refractivity contribution in [2.45, 2.75) is 0 Å². The quantitative estimate of drug-likeness (QED) is 0.535. The number of nitrogens with zero attached hydrogens (tertiary/aromatic N) is 1. The van der Waals surface area contributed by atoms with Crippen LogP contribution >= 0.6 is 0 Å². The van der Waals surface area contributed by atoms with Gasteiger partial charge in [0.2, 0.25) is 0 Å². The van der Waals surface area contributed by atoms with Crippen LogP contribution in [0.15, 0.2) is 24.3 Å². The second-order valence-electron chi connectivity index (χ2n) is 2.56. The molecule has 0 atom stereocenters. The third-order valence-electron chi connectivity index (χ3n) is 1.71. The van der Waals surface area contributed by atoms with E-state index in [0.717, 1.165) is 5.56 Å². The Hall–Kier alpha value is -2.08. The molecule has 0 bridgehead atoms. The molecule has 70 valence electrons. The number of benzene rings is 1. The highest BCUT2D eigenvalue weighted by Crippen LogP contribution is 2.20.